The van der Waals surface area contributed by atoms with E-state index in [-0.39, 0.29) is 6.42 Å². The first-order chi connectivity index (χ1) is 9.38. The highest BCUT2D eigenvalue weighted by Gasteiger charge is 2.52. The fourth-order valence-electron chi connectivity index (χ4n) is 2.31. The van der Waals surface area contributed by atoms with Gasteiger partial charge in [-0.15, -0.1) is 0 Å². The summed E-state index contributed by atoms with van der Waals surface area (Å²) in [6.07, 6.45) is -5.67. The van der Waals surface area contributed by atoms with Crippen LogP contribution in [0.15, 0.2) is 18.2 Å². The van der Waals surface area contributed by atoms with E-state index in [0.717, 1.165) is 5.56 Å². The van der Waals surface area contributed by atoms with Gasteiger partial charge >= 0.3 is 6.18 Å². The van der Waals surface area contributed by atoms with Gasteiger partial charge < -0.3 is 14.9 Å². The molecule has 0 saturated carbocycles. The molecule has 1 aromatic carbocycles. The molecule has 21 heavy (non-hydrogen) atoms. The molecule has 0 aliphatic rings. The molecule has 0 aliphatic carbocycles. The Bertz CT molecular complexity index is 493. The summed E-state index contributed by atoms with van der Waals surface area (Å²) >= 11 is 0. The maximum atomic E-state index is 12.7. The number of halogens is 3. The normalized spacial score (nSPS) is 18.0. The van der Waals surface area contributed by atoms with Crippen LogP contribution in [0, 0.1) is 6.92 Å². The molecule has 0 saturated heterocycles. The van der Waals surface area contributed by atoms with Crippen molar-refractivity contribution in [2.45, 2.75) is 51.0 Å². The quantitative estimate of drug-likeness (QED) is 0.879. The minimum atomic E-state index is -4.80. The van der Waals surface area contributed by atoms with Gasteiger partial charge in [0, 0.05) is 12.8 Å². The second-order valence-corrected chi connectivity index (χ2v) is 5.94. The first-order valence-corrected chi connectivity index (χ1v) is 6.53. The molecule has 120 valence electrons. The van der Waals surface area contributed by atoms with E-state index >= 15 is 0 Å². The largest absolute Gasteiger partial charge is 0.496 e. The van der Waals surface area contributed by atoms with Gasteiger partial charge in [0.2, 0.25) is 0 Å². The fraction of sp³-hybridized carbons (Fsp3) is 0.600. The van der Waals surface area contributed by atoms with E-state index in [1.165, 1.54) is 14.0 Å². The average molecular weight is 306 g/mol. The van der Waals surface area contributed by atoms with E-state index in [0.29, 0.717) is 18.2 Å². The smallest absolute Gasteiger partial charge is 0.417 e. The van der Waals surface area contributed by atoms with Gasteiger partial charge in [0.25, 0.3) is 0 Å². The fourth-order valence-corrected chi connectivity index (χ4v) is 2.31. The lowest BCUT2D eigenvalue weighted by molar-refractivity contribution is -0.266. The van der Waals surface area contributed by atoms with Crippen molar-refractivity contribution < 1.29 is 28.1 Å². The third kappa shape index (κ3) is 4.61. The van der Waals surface area contributed by atoms with E-state index in [1.54, 1.807) is 18.2 Å². The van der Waals surface area contributed by atoms with Crippen LogP contribution in [0.3, 0.4) is 0 Å². The van der Waals surface area contributed by atoms with Crippen LogP contribution in [0.4, 0.5) is 13.2 Å². The van der Waals surface area contributed by atoms with E-state index in [9.17, 15) is 23.4 Å². The van der Waals surface area contributed by atoms with Gasteiger partial charge in [-0.25, -0.2) is 0 Å². The Morgan fingerprint density at radius 2 is 1.71 bits per heavy atom. The molecular formula is C15H21F3O3. The SMILES string of the molecule is COc1cc(C)ccc1CC(C)(O)CC(C)(O)C(F)(F)F. The monoisotopic (exact) mass is 306 g/mol. The number of methoxy groups -OCH3 is 1. The van der Waals surface area contributed by atoms with Crippen LogP contribution in [0.5, 0.6) is 5.75 Å². The van der Waals surface area contributed by atoms with E-state index < -0.39 is 23.8 Å². The van der Waals surface area contributed by atoms with Gasteiger partial charge in [-0.2, -0.15) is 13.2 Å². The first-order valence-electron chi connectivity index (χ1n) is 6.53. The summed E-state index contributed by atoms with van der Waals surface area (Å²) in [6, 6.07) is 5.23. The Morgan fingerprint density at radius 3 is 2.19 bits per heavy atom. The Morgan fingerprint density at radius 1 is 1.14 bits per heavy atom. The molecule has 1 aromatic rings. The van der Waals surface area contributed by atoms with Crippen molar-refractivity contribution in [2.24, 2.45) is 0 Å². The molecule has 2 unspecified atom stereocenters. The van der Waals surface area contributed by atoms with Gasteiger partial charge in [-0.3, -0.25) is 0 Å². The molecule has 1 rings (SSSR count). The van der Waals surface area contributed by atoms with Crippen LogP contribution in [-0.4, -0.2) is 34.7 Å². The van der Waals surface area contributed by atoms with E-state index in [1.807, 2.05) is 6.92 Å². The molecule has 2 N–H and O–H groups in total. The zero-order valence-electron chi connectivity index (χ0n) is 12.6. The Labute approximate surface area is 122 Å². The Balaban J connectivity index is 2.96. The van der Waals surface area contributed by atoms with Gasteiger partial charge in [-0.05, 0) is 38.0 Å². The molecule has 0 aliphatic heterocycles. The molecule has 0 fully saturated rings. The molecule has 0 heterocycles. The minimum absolute atomic E-state index is 0.0529. The van der Waals surface area contributed by atoms with Gasteiger partial charge in [0.1, 0.15) is 5.75 Å². The van der Waals surface area contributed by atoms with Crippen molar-refractivity contribution in [1.82, 2.24) is 0 Å². The highest BCUT2D eigenvalue weighted by atomic mass is 19.4. The maximum Gasteiger partial charge on any atom is 0.417 e. The lowest BCUT2D eigenvalue weighted by atomic mass is 9.84. The minimum Gasteiger partial charge on any atom is -0.496 e. The van der Waals surface area contributed by atoms with Crippen LogP contribution in [0.1, 0.15) is 31.4 Å². The first kappa shape index (κ1) is 17.8. The molecule has 2 atom stereocenters. The Hall–Kier alpha value is -1.27. The van der Waals surface area contributed by atoms with Gasteiger partial charge in [0.05, 0.1) is 12.7 Å². The zero-order valence-corrected chi connectivity index (χ0v) is 12.6. The number of benzene rings is 1. The number of rotatable bonds is 5. The van der Waals surface area contributed by atoms with E-state index in [4.69, 9.17) is 4.74 Å². The van der Waals surface area contributed by atoms with Crippen molar-refractivity contribution in [3.8, 4) is 5.75 Å². The lowest BCUT2D eigenvalue weighted by Crippen LogP contribution is -2.48. The average Bonchev–Trinajstić information content (AvgIpc) is 2.28. The van der Waals surface area contributed by atoms with Crippen LogP contribution in [0.2, 0.25) is 0 Å². The summed E-state index contributed by atoms with van der Waals surface area (Å²) in [6.45, 7) is 3.79. The maximum absolute atomic E-state index is 12.7. The van der Waals surface area contributed by atoms with Crippen molar-refractivity contribution in [1.29, 1.82) is 0 Å². The number of ether oxygens (including phenoxy) is 1. The highest BCUT2D eigenvalue weighted by molar-refractivity contribution is 5.38. The number of alkyl halides is 3. The predicted octanol–water partition coefficient (Wildman–Crippen LogP) is 3.00. The van der Waals surface area contributed by atoms with Crippen LogP contribution in [-0.2, 0) is 6.42 Å². The van der Waals surface area contributed by atoms with Crippen molar-refractivity contribution in [2.75, 3.05) is 7.11 Å². The number of aliphatic hydroxyl groups is 2. The summed E-state index contributed by atoms with van der Waals surface area (Å²) in [5.41, 5.74) is -3.14. The van der Waals surface area contributed by atoms with Gasteiger partial charge in [0.15, 0.2) is 5.60 Å². The van der Waals surface area contributed by atoms with Crippen LogP contribution in [0.25, 0.3) is 0 Å². The molecule has 0 radical (unpaired) electrons. The van der Waals surface area contributed by atoms with Crippen LogP contribution < -0.4 is 4.74 Å². The van der Waals surface area contributed by atoms with Crippen molar-refractivity contribution in [3.05, 3.63) is 29.3 Å². The predicted molar refractivity (Wildman–Crippen MR) is 73.4 cm³/mol. The topological polar surface area (TPSA) is 49.7 Å². The summed E-state index contributed by atoms with van der Waals surface area (Å²) in [4.78, 5) is 0. The third-order valence-electron chi connectivity index (χ3n) is 3.35. The number of aryl methyl sites for hydroxylation is 1. The molecule has 0 amide bonds. The molecule has 3 nitrogen and oxygen atoms in total. The second-order valence-electron chi connectivity index (χ2n) is 5.94. The Kier molecular flexibility index (Phi) is 4.95. The molecule has 0 bridgehead atoms. The standard InChI is InChI=1S/C15H21F3O3/c1-10-5-6-11(12(7-10)21-4)8-13(2,19)9-14(3,20)15(16,17)18/h5-7,19-20H,8-9H2,1-4H3. The summed E-state index contributed by atoms with van der Waals surface area (Å²) in [7, 11) is 1.46. The summed E-state index contributed by atoms with van der Waals surface area (Å²) in [5.74, 6) is 0.502. The molecule has 0 spiro atoms. The summed E-state index contributed by atoms with van der Waals surface area (Å²) < 4.78 is 43.3. The zero-order chi connectivity index (χ0) is 16.5. The molecular weight excluding hydrogens is 285 g/mol. The van der Waals surface area contributed by atoms with Crippen molar-refractivity contribution in [3.63, 3.8) is 0 Å². The third-order valence-corrected chi connectivity index (χ3v) is 3.35. The lowest BCUT2D eigenvalue weighted by Gasteiger charge is -2.34. The van der Waals surface area contributed by atoms with E-state index in [2.05, 4.69) is 0 Å². The van der Waals surface area contributed by atoms with Gasteiger partial charge in [-0.1, -0.05) is 12.1 Å². The van der Waals surface area contributed by atoms with Crippen molar-refractivity contribution >= 4 is 0 Å². The number of hydrogen-bond donors (Lipinski definition) is 2. The number of hydrogen-bond acceptors (Lipinski definition) is 3. The molecule has 6 heteroatoms. The second kappa shape index (κ2) is 5.85. The molecule has 0 aromatic heterocycles. The summed E-state index contributed by atoms with van der Waals surface area (Å²) in [5, 5.41) is 19.8. The van der Waals surface area contributed by atoms with Crippen LogP contribution >= 0.6 is 0 Å². The highest BCUT2D eigenvalue weighted by Crippen LogP contribution is 2.37.